The minimum atomic E-state index is -0.922. The Bertz CT molecular complexity index is 1260. The van der Waals surface area contributed by atoms with E-state index in [9.17, 15) is 9.90 Å². The zero-order chi connectivity index (χ0) is 21.4. The van der Waals surface area contributed by atoms with E-state index in [-0.39, 0.29) is 5.56 Å². The Morgan fingerprint density at radius 2 is 1.90 bits per heavy atom. The molecule has 0 atom stereocenters. The summed E-state index contributed by atoms with van der Waals surface area (Å²) in [5.74, 6) is -0.484. The predicted molar refractivity (Wildman–Crippen MR) is 124 cm³/mol. The third kappa shape index (κ3) is 3.28. The van der Waals surface area contributed by atoms with Crippen LogP contribution in [0.25, 0.3) is 33.9 Å². The van der Waals surface area contributed by atoms with Gasteiger partial charge in [0.25, 0.3) is 0 Å². The number of carbonyl (C=O) groups is 1. The highest BCUT2D eigenvalue weighted by Gasteiger charge is 2.28. The summed E-state index contributed by atoms with van der Waals surface area (Å²) in [7, 11) is 0. The normalized spacial score (nSPS) is 14.7. The van der Waals surface area contributed by atoms with Crippen molar-refractivity contribution in [2.75, 3.05) is 0 Å². The standard InChI is InChI=1S/C27H25NO3/c1-2-18-8-6-7-11-22(18)26-25(19-9-4-3-5-10-19)23-13-12-20(27(29)30)16-24(23)28(26)21-14-15-31-17-21/h2,6-8,11-17,19H,1,3-5,9-10H2,(H,29,30). The molecule has 0 radical (unpaired) electrons. The largest absolute Gasteiger partial charge is 0.478 e. The summed E-state index contributed by atoms with van der Waals surface area (Å²) >= 11 is 0. The number of hydrogen-bond donors (Lipinski definition) is 1. The summed E-state index contributed by atoms with van der Waals surface area (Å²) < 4.78 is 7.60. The van der Waals surface area contributed by atoms with Crippen molar-refractivity contribution in [2.45, 2.75) is 38.0 Å². The van der Waals surface area contributed by atoms with E-state index in [1.807, 2.05) is 30.3 Å². The number of carboxylic acid groups (broad SMARTS) is 1. The minimum absolute atomic E-state index is 0.286. The van der Waals surface area contributed by atoms with Crippen molar-refractivity contribution in [3.05, 3.63) is 84.3 Å². The van der Waals surface area contributed by atoms with E-state index < -0.39 is 5.97 Å². The fourth-order valence-corrected chi connectivity index (χ4v) is 5.06. The van der Waals surface area contributed by atoms with E-state index in [2.05, 4.69) is 23.3 Å². The minimum Gasteiger partial charge on any atom is -0.478 e. The summed E-state index contributed by atoms with van der Waals surface area (Å²) in [6.07, 6.45) is 11.3. The molecule has 4 heteroatoms. The van der Waals surface area contributed by atoms with Crippen LogP contribution in [0.2, 0.25) is 0 Å². The number of furan rings is 1. The van der Waals surface area contributed by atoms with Gasteiger partial charge in [-0.05, 0) is 42.0 Å². The van der Waals surface area contributed by atoms with Gasteiger partial charge in [-0.25, -0.2) is 4.79 Å². The Hall–Kier alpha value is -3.53. The molecule has 0 spiro atoms. The maximum atomic E-state index is 11.8. The summed E-state index contributed by atoms with van der Waals surface area (Å²) in [5.41, 5.74) is 6.66. The van der Waals surface area contributed by atoms with Crippen molar-refractivity contribution in [2.24, 2.45) is 0 Å². The fraction of sp³-hybridized carbons (Fsp3) is 0.222. The number of benzene rings is 2. The fourth-order valence-electron chi connectivity index (χ4n) is 5.06. The van der Waals surface area contributed by atoms with Crippen LogP contribution in [-0.2, 0) is 0 Å². The zero-order valence-electron chi connectivity index (χ0n) is 17.4. The molecule has 156 valence electrons. The van der Waals surface area contributed by atoms with Crippen LogP contribution in [-0.4, -0.2) is 15.6 Å². The number of nitrogens with zero attached hydrogens (tertiary/aromatic N) is 1. The van der Waals surface area contributed by atoms with Crippen molar-refractivity contribution in [3.63, 3.8) is 0 Å². The molecule has 2 heterocycles. The highest BCUT2D eigenvalue weighted by Crippen LogP contribution is 2.46. The van der Waals surface area contributed by atoms with Crippen LogP contribution in [0, 0.1) is 0 Å². The molecule has 1 aliphatic rings. The monoisotopic (exact) mass is 411 g/mol. The predicted octanol–water partition coefficient (Wildman–Crippen LogP) is 7.28. The zero-order valence-corrected chi connectivity index (χ0v) is 17.4. The molecule has 1 fully saturated rings. The van der Waals surface area contributed by atoms with Gasteiger partial charge >= 0.3 is 5.97 Å². The Morgan fingerprint density at radius 1 is 1.10 bits per heavy atom. The molecule has 0 amide bonds. The molecule has 1 N–H and O–H groups in total. The molecule has 0 bridgehead atoms. The summed E-state index contributed by atoms with van der Waals surface area (Å²) in [6.45, 7) is 4.04. The highest BCUT2D eigenvalue weighted by atomic mass is 16.4. The molecule has 31 heavy (non-hydrogen) atoms. The average Bonchev–Trinajstić information content (AvgIpc) is 3.44. The van der Waals surface area contributed by atoms with Gasteiger partial charge in [0.1, 0.15) is 6.26 Å². The third-order valence-electron chi connectivity index (χ3n) is 6.47. The Kier molecular flexibility index (Phi) is 4.99. The lowest BCUT2D eigenvalue weighted by atomic mass is 9.81. The lowest BCUT2D eigenvalue weighted by Crippen LogP contribution is -2.07. The number of aromatic nitrogens is 1. The second kappa shape index (κ2) is 7.95. The third-order valence-corrected chi connectivity index (χ3v) is 6.47. The van der Waals surface area contributed by atoms with Gasteiger partial charge in [0, 0.05) is 17.0 Å². The quantitative estimate of drug-likeness (QED) is 0.375. The molecule has 0 unspecified atom stereocenters. The smallest absolute Gasteiger partial charge is 0.335 e. The van der Waals surface area contributed by atoms with E-state index in [4.69, 9.17) is 4.42 Å². The second-order valence-electron chi connectivity index (χ2n) is 8.24. The first-order chi connectivity index (χ1) is 15.2. The number of carboxylic acids is 1. The van der Waals surface area contributed by atoms with Crippen LogP contribution >= 0.6 is 0 Å². The lowest BCUT2D eigenvalue weighted by Gasteiger charge is -2.24. The van der Waals surface area contributed by atoms with Crippen molar-refractivity contribution >= 4 is 22.9 Å². The molecule has 2 aromatic heterocycles. The van der Waals surface area contributed by atoms with Crippen LogP contribution in [0.4, 0.5) is 0 Å². The molecule has 1 aliphatic carbocycles. The van der Waals surface area contributed by atoms with Crippen molar-refractivity contribution in [1.29, 1.82) is 0 Å². The van der Waals surface area contributed by atoms with Crippen LogP contribution in [0.1, 0.15) is 59.5 Å². The van der Waals surface area contributed by atoms with E-state index in [1.54, 1.807) is 24.7 Å². The van der Waals surface area contributed by atoms with Gasteiger partial charge in [0.2, 0.25) is 0 Å². The van der Waals surface area contributed by atoms with Crippen LogP contribution in [0.5, 0.6) is 0 Å². The topological polar surface area (TPSA) is 55.4 Å². The van der Waals surface area contributed by atoms with E-state index in [0.717, 1.165) is 46.3 Å². The van der Waals surface area contributed by atoms with Crippen LogP contribution in [0.15, 0.2) is 72.1 Å². The lowest BCUT2D eigenvalue weighted by molar-refractivity contribution is 0.0697. The molecule has 4 aromatic rings. The number of hydrogen-bond acceptors (Lipinski definition) is 2. The second-order valence-corrected chi connectivity index (χ2v) is 8.24. The molecule has 0 aliphatic heterocycles. The molecule has 0 saturated heterocycles. The number of rotatable bonds is 5. The Morgan fingerprint density at radius 3 is 2.61 bits per heavy atom. The van der Waals surface area contributed by atoms with Gasteiger partial charge in [0.15, 0.2) is 0 Å². The highest BCUT2D eigenvalue weighted by molar-refractivity contribution is 6.00. The molecule has 5 rings (SSSR count). The SMILES string of the molecule is C=Cc1ccccc1-c1c(C2CCCCC2)c2ccc(C(=O)O)cc2n1-c1ccoc1. The average molecular weight is 412 g/mol. The van der Waals surface area contributed by atoms with Crippen LogP contribution < -0.4 is 0 Å². The molecule has 2 aromatic carbocycles. The summed E-state index contributed by atoms with van der Waals surface area (Å²) in [5, 5.41) is 10.8. The maximum absolute atomic E-state index is 11.8. The van der Waals surface area contributed by atoms with E-state index in [0.29, 0.717) is 5.92 Å². The van der Waals surface area contributed by atoms with Gasteiger partial charge in [-0.15, -0.1) is 0 Å². The van der Waals surface area contributed by atoms with Gasteiger partial charge in [-0.1, -0.05) is 62.2 Å². The Labute approximate surface area is 181 Å². The molecule has 1 saturated carbocycles. The summed E-state index contributed by atoms with van der Waals surface area (Å²) in [6, 6.07) is 15.7. The first-order valence-electron chi connectivity index (χ1n) is 10.8. The van der Waals surface area contributed by atoms with Gasteiger partial charge < -0.3 is 14.1 Å². The summed E-state index contributed by atoms with van der Waals surface area (Å²) in [4.78, 5) is 11.8. The molecular formula is C27H25NO3. The molecule has 4 nitrogen and oxygen atoms in total. The van der Waals surface area contributed by atoms with Crippen molar-refractivity contribution in [3.8, 4) is 16.9 Å². The van der Waals surface area contributed by atoms with Crippen LogP contribution in [0.3, 0.4) is 0 Å². The first-order valence-corrected chi connectivity index (χ1v) is 10.8. The van der Waals surface area contributed by atoms with Gasteiger partial charge in [-0.2, -0.15) is 0 Å². The number of aromatic carboxylic acids is 1. The van der Waals surface area contributed by atoms with Gasteiger partial charge in [0.05, 0.1) is 28.7 Å². The Balaban J connectivity index is 1.92. The van der Waals surface area contributed by atoms with Crippen molar-refractivity contribution < 1.29 is 14.3 Å². The molecular weight excluding hydrogens is 386 g/mol. The van der Waals surface area contributed by atoms with E-state index >= 15 is 0 Å². The van der Waals surface area contributed by atoms with E-state index in [1.165, 1.54) is 24.8 Å². The number of fused-ring (bicyclic) bond motifs is 1. The van der Waals surface area contributed by atoms with Crippen molar-refractivity contribution in [1.82, 2.24) is 4.57 Å². The first kappa shape index (κ1) is 19.4. The maximum Gasteiger partial charge on any atom is 0.335 e. The van der Waals surface area contributed by atoms with Gasteiger partial charge in [-0.3, -0.25) is 0 Å².